The van der Waals surface area contributed by atoms with Gasteiger partial charge >= 0.3 is 0 Å². The molecule has 1 aromatic heterocycles. The summed E-state index contributed by atoms with van der Waals surface area (Å²) in [5, 5.41) is 3.00. The monoisotopic (exact) mass is 179 g/mol. The van der Waals surface area contributed by atoms with E-state index in [-0.39, 0.29) is 5.56 Å². The third-order valence-electron chi connectivity index (χ3n) is 1.43. The van der Waals surface area contributed by atoms with Crippen LogP contribution in [0.5, 0.6) is 0 Å². The Morgan fingerprint density at radius 3 is 3.00 bits per heavy atom. The number of nitrogens with one attached hydrogen (secondary N) is 2. The number of H-pyrrole nitrogens is 1. The molecular formula is C9H13N3O. The van der Waals surface area contributed by atoms with E-state index in [0.717, 1.165) is 5.57 Å². The van der Waals surface area contributed by atoms with E-state index < -0.39 is 0 Å². The molecule has 0 unspecified atom stereocenters. The van der Waals surface area contributed by atoms with E-state index in [1.807, 2.05) is 6.92 Å². The molecule has 0 aromatic carbocycles. The fourth-order valence-electron chi connectivity index (χ4n) is 0.911. The molecule has 0 aliphatic heterocycles. The van der Waals surface area contributed by atoms with Crippen molar-refractivity contribution in [3.63, 3.8) is 0 Å². The van der Waals surface area contributed by atoms with Crippen molar-refractivity contribution in [3.05, 3.63) is 34.4 Å². The summed E-state index contributed by atoms with van der Waals surface area (Å²) < 4.78 is 0. The largest absolute Gasteiger partial charge is 0.366 e. The van der Waals surface area contributed by atoms with Gasteiger partial charge in [0.05, 0.1) is 0 Å². The van der Waals surface area contributed by atoms with Gasteiger partial charge in [0.15, 0.2) is 0 Å². The van der Waals surface area contributed by atoms with E-state index in [9.17, 15) is 4.79 Å². The predicted octanol–water partition coefficient (Wildman–Crippen LogP) is 1.07. The molecule has 1 aromatic rings. The maximum absolute atomic E-state index is 11.0. The molecule has 0 amide bonds. The molecule has 70 valence electrons. The van der Waals surface area contributed by atoms with Crippen LogP contribution in [0.4, 0.5) is 5.82 Å². The molecule has 0 radical (unpaired) electrons. The van der Waals surface area contributed by atoms with Crippen molar-refractivity contribution in [2.45, 2.75) is 13.8 Å². The normalized spacial score (nSPS) is 9.69. The highest BCUT2D eigenvalue weighted by atomic mass is 16.1. The minimum Gasteiger partial charge on any atom is -0.366 e. The second-order valence-corrected chi connectivity index (χ2v) is 3.03. The van der Waals surface area contributed by atoms with Crippen LogP contribution in [0.25, 0.3) is 0 Å². The van der Waals surface area contributed by atoms with E-state index in [1.54, 1.807) is 6.92 Å². The van der Waals surface area contributed by atoms with Crippen molar-refractivity contribution in [1.29, 1.82) is 0 Å². The lowest BCUT2D eigenvalue weighted by atomic mass is 10.3. The summed E-state index contributed by atoms with van der Waals surface area (Å²) in [4.78, 5) is 17.7. The van der Waals surface area contributed by atoms with E-state index >= 15 is 0 Å². The van der Waals surface area contributed by atoms with E-state index in [1.165, 1.54) is 6.07 Å². The zero-order chi connectivity index (χ0) is 9.84. The van der Waals surface area contributed by atoms with Crippen LogP contribution in [0, 0.1) is 6.92 Å². The number of hydrogen-bond acceptors (Lipinski definition) is 3. The first kappa shape index (κ1) is 9.51. The van der Waals surface area contributed by atoms with Gasteiger partial charge in [0.25, 0.3) is 5.56 Å². The highest BCUT2D eigenvalue weighted by Gasteiger charge is 1.96. The third-order valence-corrected chi connectivity index (χ3v) is 1.43. The molecule has 0 aliphatic rings. The van der Waals surface area contributed by atoms with E-state index in [2.05, 4.69) is 21.9 Å². The zero-order valence-corrected chi connectivity index (χ0v) is 7.85. The highest BCUT2D eigenvalue weighted by molar-refractivity contribution is 5.34. The molecule has 0 fully saturated rings. The highest BCUT2D eigenvalue weighted by Crippen LogP contribution is 1.98. The van der Waals surface area contributed by atoms with Crippen LogP contribution in [0.3, 0.4) is 0 Å². The Hall–Kier alpha value is -1.58. The lowest BCUT2D eigenvalue weighted by Crippen LogP contribution is -2.12. The van der Waals surface area contributed by atoms with Crippen LogP contribution in [0.2, 0.25) is 0 Å². The molecule has 13 heavy (non-hydrogen) atoms. The average molecular weight is 179 g/mol. The van der Waals surface area contributed by atoms with Gasteiger partial charge in [-0.2, -0.15) is 0 Å². The second-order valence-electron chi connectivity index (χ2n) is 3.03. The predicted molar refractivity (Wildman–Crippen MR) is 52.9 cm³/mol. The van der Waals surface area contributed by atoms with Gasteiger partial charge in [-0.1, -0.05) is 12.2 Å². The maximum atomic E-state index is 11.0. The molecule has 2 N–H and O–H groups in total. The van der Waals surface area contributed by atoms with E-state index in [0.29, 0.717) is 18.2 Å². The second kappa shape index (κ2) is 3.89. The number of aromatic amines is 1. The molecule has 1 heterocycles. The van der Waals surface area contributed by atoms with Crippen molar-refractivity contribution in [3.8, 4) is 0 Å². The molecule has 0 spiro atoms. The SMILES string of the molecule is C=C(C)CNc1cc(=O)[nH]c(C)n1. The first-order valence-electron chi connectivity index (χ1n) is 4.04. The number of hydrogen-bond donors (Lipinski definition) is 2. The van der Waals surface area contributed by atoms with Crippen LogP contribution in [0.1, 0.15) is 12.7 Å². The quantitative estimate of drug-likeness (QED) is 0.682. The number of rotatable bonds is 3. The Morgan fingerprint density at radius 1 is 1.77 bits per heavy atom. The average Bonchev–Trinajstić information content (AvgIpc) is 1.99. The van der Waals surface area contributed by atoms with Crippen molar-refractivity contribution >= 4 is 5.82 Å². The number of nitrogens with zero attached hydrogens (tertiary/aromatic N) is 1. The molecular weight excluding hydrogens is 166 g/mol. The first-order valence-corrected chi connectivity index (χ1v) is 4.04. The standard InChI is InChI=1S/C9H13N3O/c1-6(2)5-10-8-4-9(13)12-7(3)11-8/h4H,1,5H2,2-3H3,(H2,10,11,12,13). The molecule has 0 aliphatic carbocycles. The van der Waals surface area contributed by atoms with Crippen molar-refractivity contribution < 1.29 is 0 Å². The van der Waals surface area contributed by atoms with Gasteiger partial charge in [0.1, 0.15) is 11.6 Å². The van der Waals surface area contributed by atoms with Crippen LogP contribution in [-0.4, -0.2) is 16.5 Å². The summed E-state index contributed by atoms with van der Waals surface area (Å²) in [6.45, 7) is 8.03. The third kappa shape index (κ3) is 3.11. The fraction of sp³-hybridized carbons (Fsp3) is 0.333. The maximum Gasteiger partial charge on any atom is 0.252 e. The van der Waals surface area contributed by atoms with Gasteiger partial charge in [-0.25, -0.2) is 4.98 Å². The van der Waals surface area contributed by atoms with Gasteiger partial charge in [-0.05, 0) is 13.8 Å². The van der Waals surface area contributed by atoms with Crippen molar-refractivity contribution in [1.82, 2.24) is 9.97 Å². The smallest absolute Gasteiger partial charge is 0.252 e. The number of anilines is 1. The van der Waals surface area contributed by atoms with Crippen LogP contribution >= 0.6 is 0 Å². The van der Waals surface area contributed by atoms with Crippen molar-refractivity contribution in [2.75, 3.05) is 11.9 Å². The number of aryl methyl sites for hydroxylation is 1. The first-order chi connectivity index (χ1) is 6.08. The van der Waals surface area contributed by atoms with Crippen LogP contribution in [-0.2, 0) is 0 Å². The fourth-order valence-corrected chi connectivity index (χ4v) is 0.911. The van der Waals surface area contributed by atoms with Gasteiger partial charge in [0.2, 0.25) is 0 Å². The molecule has 1 rings (SSSR count). The van der Waals surface area contributed by atoms with Gasteiger partial charge in [-0.15, -0.1) is 0 Å². The summed E-state index contributed by atoms with van der Waals surface area (Å²) in [5.41, 5.74) is 0.858. The van der Waals surface area contributed by atoms with Gasteiger partial charge < -0.3 is 10.3 Å². The Morgan fingerprint density at radius 2 is 2.46 bits per heavy atom. The lowest BCUT2D eigenvalue weighted by Gasteiger charge is -2.04. The zero-order valence-electron chi connectivity index (χ0n) is 7.85. The molecule has 0 atom stereocenters. The van der Waals surface area contributed by atoms with Gasteiger partial charge in [-0.3, -0.25) is 4.79 Å². The molecule has 0 bridgehead atoms. The van der Waals surface area contributed by atoms with Crippen LogP contribution < -0.4 is 10.9 Å². The summed E-state index contributed by atoms with van der Waals surface area (Å²) in [5.74, 6) is 1.20. The summed E-state index contributed by atoms with van der Waals surface area (Å²) in [6, 6.07) is 1.43. The summed E-state index contributed by atoms with van der Waals surface area (Å²) in [7, 11) is 0. The van der Waals surface area contributed by atoms with E-state index in [4.69, 9.17) is 0 Å². The summed E-state index contributed by atoms with van der Waals surface area (Å²) >= 11 is 0. The molecule has 0 saturated heterocycles. The Kier molecular flexibility index (Phi) is 2.84. The van der Waals surface area contributed by atoms with Crippen molar-refractivity contribution in [2.24, 2.45) is 0 Å². The molecule has 4 nitrogen and oxygen atoms in total. The topological polar surface area (TPSA) is 57.8 Å². The molecule has 4 heteroatoms. The Labute approximate surface area is 76.7 Å². The Bertz CT molecular complexity index is 367. The summed E-state index contributed by atoms with van der Waals surface area (Å²) in [6.07, 6.45) is 0. The molecule has 0 saturated carbocycles. The minimum absolute atomic E-state index is 0.142. The number of aromatic nitrogens is 2. The van der Waals surface area contributed by atoms with Crippen LogP contribution in [0.15, 0.2) is 23.0 Å². The lowest BCUT2D eigenvalue weighted by molar-refractivity contribution is 1.01. The van der Waals surface area contributed by atoms with Gasteiger partial charge in [0, 0.05) is 12.6 Å². The Balaban J connectivity index is 2.77. The minimum atomic E-state index is -0.142.